The summed E-state index contributed by atoms with van der Waals surface area (Å²) >= 11 is 0. The van der Waals surface area contributed by atoms with Crippen molar-refractivity contribution in [3.05, 3.63) is 29.3 Å². The van der Waals surface area contributed by atoms with Crippen molar-refractivity contribution >= 4 is 11.6 Å². The van der Waals surface area contributed by atoms with Gasteiger partial charge in [-0.2, -0.15) is 0 Å². The molecule has 1 aromatic rings. The summed E-state index contributed by atoms with van der Waals surface area (Å²) in [5, 5.41) is 3.09. The van der Waals surface area contributed by atoms with Crippen molar-refractivity contribution in [3.63, 3.8) is 0 Å². The average Bonchev–Trinajstić information content (AvgIpc) is 2.69. The Bertz CT molecular complexity index is 529. The van der Waals surface area contributed by atoms with Gasteiger partial charge in [-0.25, -0.2) is 0 Å². The third-order valence-corrected chi connectivity index (χ3v) is 5.29. The number of carbonyl (C=O) groups excluding carboxylic acids is 1. The molecule has 2 unspecified atom stereocenters. The molecule has 0 saturated carbocycles. The zero-order chi connectivity index (χ0) is 15.0. The normalized spacial score (nSPS) is 28.6. The van der Waals surface area contributed by atoms with Gasteiger partial charge in [-0.15, -0.1) is 0 Å². The molecule has 1 amide bonds. The number of anilines is 1. The predicted octanol–water partition coefficient (Wildman–Crippen LogP) is 2.18. The van der Waals surface area contributed by atoms with Gasteiger partial charge in [-0.3, -0.25) is 4.79 Å². The van der Waals surface area contributed by atoms with E-state index in [-0.39, 0.29) is 5.91 Å². The number of hydrogen-bond acceptors (Lipinski definition) is 3. The van der Waals surface area contributed by atoms with Crippen LogP contribution in [0.5, 0.6) is 0 Å². The molecule has 1 aromatic carbocycles. The van der Waals surface area contributed by atoms with Crippen molar-refractivity contribution in [1.82, 2.24) is 10.2 Å². The van der Waals surface area contributed by atoms with E-state index < -0.39 is 0 Å². The number of nitrogen functional groups attached to an aromatic ring is 1. The van der Waals surface area contributed by atoms with Crippen molar-refractivity contribution in [2.24, 2.45) is 5.92 Å². The second-order valence-electron chi connectivity index (χ2n) is 6.67. The van der Waals surface area contributed by atoms with Crippen LogP contribution in [0.4, 0.5) is 5.69 Å². The molecule has 2 atom stereocenters. The minimum absolute atomic E-state index is 0.00650. The van der Waals surface area contributed by atoms with Gasteiger partial charge in [0, 0.05) is 29.9 Å². The first-order valence-electron chi connectivity index (χ1n) is 7.91. The van der Waals surface area contributed by atoms with Crippen molar-refractivity contribution in [3.8, 4) is 0 Å². The molecule has 114 valence electrons. The van der Waals surface area contributed by atoms with Gasteiger partial charge in [0.05, 0.1) is 0 Å². The number of piperidine rings is 1. The molecule has 0 spiro atoms. The summed E-state index contributed by atoms with van der Waals surface area (Å²) in [5.74, 6) is 0.610. The van der Waals surface area contributed by atoms with Crippen molar-refractivity contribution < 1.29 is 4.79 Å². The minimum Gasteiger partial charge on any atom is -0.398 e. The van der Waals surface area contributed by atoms with E-state index in [0.717, 1.165) is 24.2 Å². The predicted molar refractivity (Wildman–Crippen MR) is 85.2 cm³/mol. The lowest BCUT2D eigenvalue weighted by molar-refractivity contribution is 0.0917. The van der Waals surface area contributed by atoms with Crippen LogP contribution in [0.25, 0.3) is 0 Å². The van der Waals surface area contributed by atoms with E-state index >= 15 is 0 Å². The van der Waals surface area contributed by atoms with Gasteiger partial charge in [0.1, 0.15) is 0 Å². The van der Waals surface area contributed by atoms with E-state index in [0.29, 0.717) is 17.2 Å². The number of amides is 1. The Kier molecular flexibility index (Phi) is 3.89. The monoisotopic (exact) mass is 287 g/mol. The number of benzene rings is 1. The standard InChI is InChI=1S/C17H25N3O/c1-11-3-4-13(9-16(11)18)17(21)19-10-12-7-14-5-6-15(8-12)20(14)2/h3-4,9,12,14-15H,5-8,10,18H2,1-2H3,(H,19,21). The molecule has 4 nitrogen and oxygen atoms in total. The highest BCUT2D eigenvalue weighted by Crippen LogP contribution is 2.37. The SMILES string of the molecule is Cc1ccc(C(=O)NCC2CC3CCC(C2)N3C)cc1N. The molecule has 3 rings (SSSR count). The summed E-state index contributed by atoms with van der Waals surface area (Å²) in [6.45, 7) is 2.73. The Labute approximate surface area is 126 Å². The number of nitrogens with zero attached hydrogens (tertiary/aromatic N) is 1. The Hall–Kier alpha value is -1.55. The molecular formula is C17H25N3O. The molecule has 2 fully saturated rings. The van der Waals surface area contributed by atoms with Gasteiger partial charge < -0.3 is 16.0 Å². The highest BCUT2D eigenvalue weighted by Gasteiger charge is 2.38. The first kappa shape index (κ1) is 14.4. The summed E-state index contributed by atoms with van der Waals surface area (Å²) < 4.78 is 0. The van der Waals surface area contributed by atoms with Gasteiger partial charge in [-0.05, 0) is 63.3 Å². The summed E-state index contributed by atoms with van der Waals surface area (Å²) in [6.07, 6.45) is 5.06. The van der Waals surface area contributed by atoms with E-state index in [9.17, 15) is 4.79 Å². The number of carbonyl (C=O) groups is 1. The third kappa shape index (κ3) is 2.91. The average molecular weight is 287 g/mol. The van der Waals surface area contributed by atoms with Crippen LogP contribution >= 0.6 is 0 Å². The number of nitrogens with two attached hydrogens (primary N) is 1. The number of aryl methyl sites for hydroxylation is 1. The summed E-state index contributed by atoms with van der Waals surface area (Å²) in [7, 11) is 2.24. The maximum atomic E-state index is 12.2. The molecule has 4 heteroatoms. The summed E-state index contributed by atoms with van der Waals surface area (Å²) in [5.41, 5.74) is 8.23. The molecule has 2 saturated heterocycles. The molecule has 2 aliphatic heterocycles. The first-order valence-corrected chi connectivity index (χ1v) is 7.91. The number of rotatable bonds is 3. The van der Waals surface area contributed by atoms with Crippen LogP contribution in [0.2, 0.25) is 0 Å². The molecule has 2 heterocycles. The van der Waals surface area contributed by atoms with Crippen molar-refractivity contribution in [2.45, 2.75) is 44.7 Å². The van der Waals surface area contributed by atoms with Gasteiger partial charge in [0.2, 0.25) is 0 Å². The van der Waals surface area contributed by atoms with Crippen LogP contribution in [-0.4, -0.2) is 36.5 Å². The van der Waals surface area contributed by atoms with Gasteiger partial charge >= 0.3 is 0 Å². The van der Waals surface area contributed by atoms with Crippen LogP contribution in [0.15, 0.2) is 18.2 Å². The fourth-order valence-electron chi connectivity index (χ4n) is 3.81. The highest BCUT2D eigenvalue weighted by atomic mass is 16.1. The number of nitrogens with one attached hydrogen (secondary N) is 1. The van der Waals surface area contributed by atoms with Crippen LogP contribution in [0.3, 0.4) is 0 Å². The maximum Gasteiger partial charge on any atom is 0.251 e. The second kappa shape index (κ2) is 5.68. The van der Waals surface area contributed by atoms with E-state index in [2.05, 4.69) is 17.3 Å². The lowest BCUT2D eigenvalue weighted by atomic mass is 9.91. The van der Waals surface area contributed by atoms with Crippen LogP contribution in [0, 0.1) is 12.8 Å². The smallest absolute Gasteiger partial charge is 0.251 e. The Morgan fingerprint density at radius 2 is 2.00 bits per heavy atom. The van der Waals surface area contributed by atoms with Gasteiger partial charge in [0.15, 0.2) is 0 Å². The Balaban J connectivity index is 1.55. The molecule has 3 N–H and O–H groups in total. The molecule has 2 bridgehead atoms. The Morgan fingerprint density at radius 3 is 2.62 bits per heavy atom. The van der Waals surface area contributed by atoms with E-state index in [4.69, 9.17) is 5.73 Å². The van der Waals surface area contributed by atoms with E-state index in [1.807, 2.05) is 19.1 Å². The fourth-order valence-corrected chi connectivity index (χ4v) is 3.81. The largest absolute Gasteiger partial charge is 0.398 e. The molecule has 2 aliphatic rings. The lowest BCUT2D eigenvalue weighted by Gasteiger charge is -2.36. The fraction of sp³-hybridized carbons (Fsp3) is 0.588. The maximum absolute atomic E-state index is 12.2. The zero-order valence-electron chi connectivity index (χ0n) is 12.9. The van der Waals surface area contributed by atoms with Gasteiger partial charge in [-0.1, -0.05) is 6.07 Å². The van der Waals surface area contributed by atoms with Crippen molar-refractivity contribution in [2.75, 3.05) is 19.3 Å². The van der Waals surface area contributed by atoms with E-state index in [1.54, 1.807) is 6.07 Å². The topological polar surface area (TPSA) is 58.4 Å². The number of fused-ring (bicyclic) bond motifs is 2. The summed E-state index contributed by atoms with van der Waals surface area (Å²) in [6, 6.07) is 6.96. The molecular weight excluding hydrogens is 262 g/mol. The Morgan fingerprint density at radius 1 is 1.33 bits per heavy atom. The van der Waals surface area contributed by atoms with Crippen LogP contribution in [-0.2, 0) is 0 Å². The quantitative estimate of drug-likeness (QED) is 0.838. The van der Waals surface area contributed by atoms with Gasteiger partial charge in [0.25, 0.3) is 5.91 Å². The van der Waals surface area contributed by atoms with Crippen molar-refractivity contribution in [1.29, 1.82) is 0 Å². The lowest BCUT2D eigenvalue weighted by Crippen LogP contribution is -2.43. The first-order chi connectivity index (χ1) is 10.0. The second-order valence-corrected chi connectivity index (χ2v) is 6.67. The molecule has 0 aliphatic carbocycles. The molecule has 0 radical (unpaired) electrons. The number of hydrogen-bond donors (Lipinski definition) is 2. The zero-order valence-corrected chi connectivity index (χ0v) is 12.9. The van der Waals surface area contributed by atoms with Crippen LogP contribution < -0.4 is 11.1 Å². The third-order valence-electron chi connectivity index (χ3n) is 5.29. The van der Waals surface area contributed by atoms with E-state index in [1.165, 1.54) is 25.7 Å². The molecule has 0 aromatic heterocycles. The highest BCUT2D eigenvalue weighted by molar-refractivity contribution is 5.95. The van der Waals surface area contributed by atoms with Crippen LogP contribution in [0.1, 0.15) is 41.6 Å². The minimum atomic E-state index is -0.00650. The molecule has 21 heavy (non-hydrogen) atoms. The summed E-state index contributed by atoms with van der Waals surface area (Å²) in [4.78, 5) is 14.7.